The number of fused-ring (bicyclic) bond motifs is 2. The largest absolute Gasteiger partial charge is 0.463 e. The number of furan rings is 1. The van der Waals surface area contributed by atoms with Gasteiger partial charge in [0, 0.05) is 16.3 Å². The molecule has 0 amide bonds. The van der Waals surface area contributed by atoms with Crippen LogP contribution in [0.1, 0.15) is 0 Å². The quantitative estimate of drug-likeness (QED) is 0.445. The number of rotatable bonds is 1. The third-order valence-electron chi connectivity index (χ3n) is 3.50. The standard InChI is InChI=1S/C18H12O/c1-2-6-13(7-3-1)18-17-11-15-9-5-4-8-14(15)10-16(17)12-19-18/h1-12H. The van der Waals surface area contributed by atoms with Gasteiger partial charge in [-0.15, -0.1) is 0 Å². The molecule has 0 aliphatic heterocycles. The minimum absolute atomic E-state index is 0.946. The second-order valence-corrected chi connectivity index (χ2v) is 4.72. The fourth-order valence-electron chi connectivity index (χ4n) is 2.55. The van der Waals surface area contributed by atoms with Gasteiger partial charge >= 0.3 is 0 Å². The van der Waals surface area contributed by atoms with Crippen LogP contribution in [0.2, 0.25) is 0 Å². The average molecular weight is 244 g/mol. The molecule has 0 spiro atoms. The van der Waals surface area contributed by atoms with Crippen LogP contribution in [0.5, 0.6) is 0 Å². The number of hydrogen-bond acceptors (Lipinski definition) is 1. The summed E-state index contributed by atoms with van der Waals surface area (Å²) < 4.78 is 5.77. The third kappa shape index (κ3) is 1.63. The molecule has 1 nitrogen and oxygen atoms in total. The van der Waals surface area contributed by atoms with Crippen LogP contribution in [0.15, 0.2) is 77.4 Å². The summed E-state index contributed by atoms with van der Waals surface area (Å²) >= 11 is 0. The summed E-state index contributed by atoms with van der Waals surface area (Å²) in [6.45, 7) is 0. The molecule has 4 rings (SSSR count). The van der Waals surface area contributed by atoms with E-state index in [1.807, 2.05) is 24.5 Å². The molecule has 90 valence electrons. The number of hydrogen-bond donors (Lipinski definition) is 0. The summed E-state index contributed by atoms with van der Waals surface area (Å²) in [6.07, 6.45) is 1.84. The van der Waals surface area contributed by atoms with Crippen molar-refractivity contribution in [1.29, 1.82) is 0 Å². The van der Waals surface area contributed by atoms with Gasteiger partial charge in [-0.3, -0.25) is 0 Å². The van der Waals surface area contributed by atoms with Crippen molar-refractivity contribution in [3.63, 3.8) is 0 Å². The summed E-state index contributed by atoms with van der Waals surface area (Å²) in [5, 5.41) is 4.81. The van der Waals surface area contributed by atoms with Crippen LogP contribution in [0.25, 0.3) is 32.9 Å². The normalized spacial score (nSPS) is 11.2. The summed E-state index contributed by atoms with van der Waals surface area (Å²) in [6, 6.07) is 23.0. The fourth-order valence-corrected chi connectivity index (χ4v) is 2.55. The van der Waals surface area contributed by atoms with Gasteiger partial charge in [0.25, 0.3) is 0 Å². The van der Waals surface area contributed by atoms with Crippen molar-refractivity contribution in [2.24, 2.45) is 0 Å². The van der Waals surface area contributed by atoms with Crippen molar-refractivity contribution >= 4 is 21.5 Å². The molecule has 0 unspecified atom stereocenters. The third-order valence-corrected chi connectivity index (χ3v) is 3.50. The zero-order valence-electron chi connectivity index (χ0n) is 10.3. The topological polar surface area (TPSA) is 13.1 Å². The van der Waals surface area contributed by atoms with Crippen molar-refractivity contribution in [1.82, 2.24) is 0 Å². The maximum Gasteiger partial charge on any atom is 0.141 e. The predicted molar refractivity (Wildman–Crippen MR) is 79.2 cm³/mol. The van der Waals surface area contributed by atoms with Crippen molar-refractivity contribution in [3.8, 4) is 11.3 Å². The molecule has 0 saturated heterocycles. The van der Waals surface area contributed by atoms with Gasteiger partial charge in [0.2, 0.25) is 0 Å². The Morgan fingerprint density at radius 1 is 0.632 bits per heavy atom. The molecule has 0 radical (unpaired) electrons. The molecular weight excluding hydrogens is 232 g/mol. The van der Waals surface area contributed by atoms with Gasteiger partial charge < -0.3 is 4.42 Å². The molecule has 1 heterocycles. The van der Waals surface area contributed by atoms with Crippen LogP contribution < -0.4 is 0 Å². The molecular formula is C18H12O. The van der Waals surface area contributed by atoms with Crippen LogP contribution in [0.4, 0.5) is 0 Å². The van der Waals surface area contributed by atoms with Gasteiger partial charge in [0.05, 0.1) is 6.26 Å². The summed E-state index contributed by atoms with van der Waals surface area (Å²) in [4.78, 5) is 0. The van der Waals surface area contributed by atoms with Gasteiger partial charge in [-0.1, -0.05) is 54.6 Å². The smallest absolute Gasteiger partial charge is 0.141 e. The Balaban J connectivity index is 2.05. The highest BCUT2D eigenvalue weighted by Gasteiger charge is 2.09. The molecule has 1 aromatic heterocycles. The van der Waals surface area contributed by atoms with E-state index in [1.54, 1.807) is 0 Å². The second kappa shape index (κ2) is 3.99. The maximum absolute atomic E-state index is 5.77. The Kier molecular flexibility index (Phi) is 2.18. The average Bonchev–Trinajstić information content (AvgIpc) is 2.88. The lowest BCUT2D eigenvalue weighted by molar-refractivity contribution is 0.587. The Hall–Kier alpha value is -2.54. The molecule has 3 aromatic carbocycles. The van der Waals surface area contributed by atoms with Crippen molar-refractivity contribution in [2.75, 3.05) is 0 Å². The molecule has 0 atom stereocenters. The van der Waals surface area contributed by atoms with Gasteiger partial charge in [0.15, 0.2) is 0 Å². The highest BCUT2D eigenvalue weighted by Crippen LogP contribution is 2.33. The highest BCUT2D eigenvalue weighted by molar-refractivity contribution is 6.03. The molecule has 0 N–H and O–H groups in total. The van der Waals surface area contributed by atoms with Crippen LogP contribution in [-0.4, -0.2) is 0 Å². The molecule has 0 bridgehead atoms. The zero-order chi connectivity index (χ0) is 12.7. The van der Waals surface area contributed by atoms with Crippen LogP contribution in [0.3, 0.4) is 0 Å². The molecule has 0 aliphatic carbocycles. The van der Waals surface area contributed by atoms with Crippen molar-refractivity contribution < 1.29 is 4.42 Å². The molecule has 0 aliphatic rings. The van der Waals surface area contributed by atoms with E-state index in [9.17, 15) is 0 Å². The highest BCUT2D eigenvalue weighted by atomic mass is 16.3. The van der Waals surface area contributed by atoms with E-state index in [4.69, 9.17) is 4.42 Å². The Morgan fingerprint density at radius 2 is 1.32 bits per heavy atom. The second-order valence-electron chi connectivity index (χ2n) is 4.72. The monoisotopic (exact) mass is 244 g/mol. The van der Waals surface area contributed by atoms with E-state index in [0.717, 1.165) is 16.7 Å². The minimum Gasteiger partial charge on any atom is -0.463 e. The Labute approximate surface area is 111 Å². The van der Waals surface area contributed by atoms with Gasteiger partial charge in [-0.25, -0.2) is 0 Å². The van der Waals surface area contributed by atoms with Crippen molar-refractivity contribution in [3.05, 3.63) is 73.0 Å². The lowest BCUT2D eigenvalue weighted by atomic mass is 10.0. The van der Waals surface area contributed by atoms with Crippen LogP contribution in [-0.2, 0) is 0 Å². The van der Waals surface area contributed by atoms with E-state index in [1.165, 1.54) is 16.2 Å². The SMILES string of the molecule is c1ccc(-c2occ3cc4ccccc4cc23)cc1. The van der Waals surface area contributed by atoms with Gasteiger partial charge in [-0.2, -0.15) is 0 Å². The molecule has 0 fully saturated rings. The zero-order valence-corrected chi connectivity index (χ0v) is 10.3. The summed E-state index contributed by atoms with van der Waals surface area (Å²) in [5.41, 5.74) is 1.12. The first-order valence-electron chi connectivity index (χ1n) is 6.37. The fraction of sp³-hybridized carbons (Fsp3) is 0. The lowest BCUT2D eigenvalue weighted by Crippen LogP contribution is -1.76. The van der Waals surface area contributed by atoms with E-state index in [2.05, 4.69) is 48.5 Å². The van der Waals surface area contributed by atoms with Gasteiger partial charge in [0.1, 0.15) is 5.76 Å². The predicted octanol–water partition coefficient (Wildman–Crippen LogP) is 5.25. The first-order valence-corrected chi connectivity index (χ1v) is 6.37. The van der Waals surface area contributed by atoms with Crippen molar-refractivity contribution in [2.45, 2.75) is 0 Å². The molecule has 0 saturated carbocycles. The van der Waals surface area contributed by atoms with E-state index < -0.39 is 0 Å². The molecule has 1 heteroatoms. The minimum atomic E-state index is 0.946. The van der Waals surface area contributed by atoms with Gasteiger partial charge in [-0.05, 0) is 22.9 Å². The Morgan fingerprint density at radius 3 is 2.11 bits per heavy atom. The van der Waals surface area contributed by atoms with E-state index in [-0.39, 0.29) is 0 Å². The number of benzene rings is 3. The Bertz CT molecular complexity index is 857. The molecule has 19 heavy (non-hydrogen) atoms. The van der Waals surface area contributed by atoms with Crippen LogP contribution >= 0.6 is 0 Å². The lowest BCUT2D eigenvalue weighted by Gasteiger charge is -2.00. The van der Waals surface area contributed by atoms with E-state index >= 15 is 0 Å². The first-order chi connectivity index (χ1) is 9.42. The van der Waals surface area contributed by atoms with E-state index in [0.29, 0.717) is 0 Å². The summed E-state index contributed by atoms with van der Waals surface area (Å²) in [7, 11) is 0. The summed E-state index contributed by atoms with van der Waals surface area (Å²) in [5.74, 6) is 0.946. The van der Waals surface area contributed by atoms with Crippen LogP contribution in [0, 0.1) is 0 Å². The maximum atomic E-state index is 5.77. The molecule has 4 aromatic rings. The first kappa shape index (κ1) is 10.4.